The summed E-state index contributed by atoms with van der Waals surface area (Å²) in [5.41, 5.74) is 0. The van der Waals surface area contributed by atoms with Crippen molar-refractivity contribution in [3.63, 3.8) is 0 Å². The Bertz CT molecular complexity index is 92.0. The van der Waals surface area contributed by atoms with E-state index in [4.69, 9.17) is 44.8 Å². The smallest absolute Gasteiger partial charge is 0.327 e. The lowest BCUT2D eigenvalue weighted by Crippen LogP contribution is -1.94. The van der Waals surface area contributed by atoms with E-state index in [1.807, 2.05) is 41.5 Å². The van der Waals surface area contributed by atoms with E-state index in [-0.39, 0.29) is 55.2 Å². The quantitative estimate of drug-likeness (QED) is 0.195. The fourth-order valence-electron chi connectivity index (χ4n) is 0. The molecule has 31 heavy (non-hydrogen) atoms. The SMILES string of the molecule is C=C.C=C.CC.CC.CC.CCO.CCOO.CCOO.Cl.Cl.Cl.O=O.O=O.[O-][Cl+]O. The van der Waals surface area contributed by atoms with Crippen molar-refractivity contribution < 1.29 is 46.0 Å². The highest BCUT2D eigenvalue weighted by molar-refractivity contribution is 5.86. The molecule has 4 N–H and O–H groups in total. The van der Waals surface area contributed by atoms with E-state index in [9.17, 15) is 0 Å². The standard InChI is InChI=1S/2C2H6O2.C2H6O.3C2H6.2C2H4.ClHO2.3ClH.2O2/c2*1-2-4-3;1-2-3;5*1-2;2-1-3;;;;2*1-2/h2*3H,2H2,1H3;3H,2H2,1H3;3*1-2H3;2*1-2H2;2H;3*1H;;. The van der Waals surface area contributed by atoms with Crippen LogP contribution in [-0.2, 0) is 9.78 Å². The van der Waals surface area contributed by atoms with Gasteiger partial charge >= 0.3 is 11.3 Å². The van der Waals surface area contributed by atoms with E-state index < -0.39 is 0 Å². The molecule has 0 saturated carbocycles. The first-order chi connectivity index (χ1) is 13.7. The van der Waals surface area contributed by atoms with E-state index in [0.717, 1.165) is 0 Å². The molecule has 0 aliphatic heterocycles. The minimum Gasteiger partial charge on any atom is -0.506 e. The van der Waals surface area contributed by atoms with Gasteiger partial charge in [-0.1, -0.05) is 41.5 Å². The van der Waals surface area contributed by atoms with Gasteiger partial charge in [-0.2, -0.15) is 0 Å². The summed E-state index contributed by atoms with van der Waals surface area (Å²) >= 11 is -0.167. The van der Waals surface area contributed by atoms with Crippen LogP contribution in [-0.4, -0.2) is 40.1 Å². The van der Waals surface area contributed by atoms with Crippen LogP contribution in [0.15, 0.2) is 26.3 Å². The van der Waals surface area contributed by atoms with Crippen LogP contribution in [0.4, 0.5) is 0 Å². The Balaban J connectivity index is -0.00000000859. The number of hydrogen-bond acceptors (Lipinski definition) is 11. The van der Waals surface area contributed by atoms with E-state index >= 15 is 0 Å². The molecule has 0 aliphatic carbocycles. The van der Waals surface area contributed by atoms with E-state index in [2.05, 4.69) is 36.1 Å². The first-order valence-electron chi connectivity index (χ1n) is 8.04. The molecular weight excluding hydrogens is 510 g/mol. The third kappa shape index (κ3) is 9230. The van der Waals surface area contributed by atoms with Gasteiger partial charge in [-0.3, -0.25) is 10.5 Å². The fraction of sp³-hybridized carbons (Fsp3) is 0.750. The molecule has 0 aromatic carbocycles. The van der Waals surface area contributed by atoms with Crippen molar-refractivity contribution in [2.45, 2.75) is 62.3 Å². The molecule has 0 atom stereocenters. The lowest BCUT2D eigenvalue weighted by molar-refractivity contribution is -1.27. The summed E-state index contributed by atoms with van der Waals surface area (Å²) in [7, 11) is 0. The van der Waals surface area contributed by atoms with Gasteiger partial charge in [0.2, 0.25) is 0 Å². The van der Waals surface area contributed by atoms with Crippen LogP contribution in [0.25, 0.3) is 0 Å². The van der Waals surface area contributed by atoms with Crippen LogP contribution in [0.2, 0.25) is 0 Å². The molecule has 0 bridgehead atoms. The molecule has 0 spiro atoms. The van der Waals surface area contributed by atoms with Gasteiger partial charge in [-0.05, 0) is 20.8 Å². The molecule has 0 saturated heterocycles. The molecule has 0 radical (unpaired) electrons. The second-order valence-electron chi connectivity index (χ2n) is 1.22. The lowest BCUT2D eigenvalue weighted by atomic mass is 10.9. The number of halogens is 4. The van der Waals surface area contributed by atoms with Crippen LogP contribution in [0.5, 0.6) is 0 Å². The third-order valence-corrected chi connectivity index (χ3v) is 0.258. The second-order valence-corrected chi connectivity index (χ2v) is 1.36. The molecule has 0 fully saturated rings. The minimum absolute atomic E-state index is 0. The average Bonchev–Trinajstić information content (AvgIpc) is 2.84. The number of aliphatic hydroxyl groups excluding tert-OH is 1. The van der Waals surface area contributed by atoms with Crippen molar-refractivity contribution in [2.75, 3.05) is 19.8 Å². The van der Waals surface area contributed by atoms with Gasteiger partial charge in [0.15, 0.2) is 0 Å². The highest BCUT2D eigenvalue weighted by atomic mass is 35.6. The molecule has 11 nitrogen and oxygen atoms in total. The molecule has 0 aromatic rings. The molecule has 0 aliphatic rings. The van der Waals surface area contributed by atoms with Crippen molar-refractivity contribution in [3.05, 3.63) is 46.2 Å². The first kappa shape index (κ1) is 97.4. The molecular formula is C16H48Cl4O11. The number of aliphatic hydroxyl groups is 1. The molecule has 0 amide bonds. The summed E-state index contributed by atoms with van der Waals surface area (Å²) in [5, 5.41) is 22.3. The van der Waals surface area contributed by atoms with Crippen LogP contribution in [0.1, 0.15) is 62.3 Å². The van der Waals surface area contributed by atoms with Crippen LogP contribution >= 0.6 is 37.2 Å². The minimum atomic E-state index is -0.167. The van der Waals surface area contributed by atoms with Gasteiger partial charge in [-0.25, -0.2) is 9.78 Å². The zero-order valence-electron chi connectivity index (χ0n) is 20.2. The first-order valence-corrected chi connectivity index (χ1v) is 8.68. The van der Waals surface area contributed by atoms with Crippen molar-refractivity contribution in [1.29, 1.82) is 0 Å². The largest absolute Gasteiger partial charge is 0.506 e. The summed E-state index contributed by atoms with van der Waals surface area (Å²) in [4.78, 5) is 35.1. The highest BCUT2D eigenvalue weighted by Gasteiger charge is 1.54. The van der Waals surface area contributed by atoms with Crippen molar-refractivity contribution in [3.8, 4) is 0 Å². The summed E-state index contributed by atoms with van der Waals surface area (Å²) in [6, 6.07) is 0. The van der Waals surface area contributed by atoms with Crippen LogP contribution in [0, 0.1) is 31.2 Å². The van der Waals surface area contributed by atoms with E-state index in [0.29, 0.717) is 13.2 Å². The van der Waals surface area contributed by atoms with Gasteiger partial charge in [0, 0.05) is 26.5 Å². The summed E-state index contributed by atoms with van der Waals surface area (Å²) in [6.07, 6.45) is 0. The average molecular weight is 558 g/mol. The Morgan fingerprint density at radius 1 is 0.677 bits per heavy atom. The zero-order chi connectivity index (χ0) is 26.2. The van der Waals surface area contributed by atoms with Crippen LogP contribution < -0.4 is 4.66 Å². The Kier molecular flexibility index (Phi) is 2450. The summed E-state index contributed by atoms with van der Waals surface area (Å²) < 4.78 is 15.2. The zero-order valence-corrected chi connectivity index (χ0v) is 23.4. The molecule has 206 valence electrons. The second kappa shape index (κ2) is 780. The normalized spacial score (nSPS) is 4.19. The maximum absolute atomic E-state index is 8.35. The van der Waals surface area contributed by atoms with Gasteiger partial charge in [0.25, 0.3) is 0 Å². The van der Waals surface area contributed by atoms with Crippen molar-refractivity contribution in [2.24, 2.45) is 0 Å². The Hall–Kier alpha value is -0.440. The Morgan fingerprint density at radius 3 is 0.710 bits per heavy atom. The molecule has 0 rings (SSSR count). The van der Waals surface area contributed by atoms with Crippen molar-refractivity contribution >= 4 is 37.2 Å². The molecule has 0 heterocycles. The van der Waals surface area contributed by atoms with Crippen molar-refractivity contribution in [1.82, 2.24) is 0 Å². The topological polar surface area (TPSA) is 191 Å². The fourth-order valence-corrected chi connectivity index (χ4v) is 0. The van der Waals surface area contributed by atoms with Gasteiger partial charge in [0.05, 0.1) is 13.2 Å². The molecule has 15 heteroatoms. The van der Waals surface area contributed by atoms with E-state index in [1.54, 1.807) is 20.8 Å². The van der Waals surface area contributed by atoms with Gasteiger partial charge in [-0.15, -0.1) is 68.2 Å². The molecule has 0 unspecified atom stereocenters. The monoisotopic (exact) mass is 556 g/mol. The lowest BCUT2D eigenvalue weighted by Gasteiger charge is -1.73. The predicted octanol–water partition coefficient (Wildman–Crippen LogP) is 5.33. The summed E-state index contributed by atoms with van der Waals surface area (Å²) in [6.45, 7) is 30.1. The Labute approximate surface area is 211 Å². The maximum Gasteiger partial charge on any atom is 0.327 e. The predicted molar refractivity (Wildman–Crippen MR) is 135 cm³/mol. The maximum atomic E-state index is 8.35. The van der Waals surface area contributed by atoms with Gasteiger partial charge in [0.1, 0.15) is 0 Å². The molecule has 0 aromatic heterocycles. The number of rotatable bonds is 2. The highest BCUT2D eigenvalue weighted by Crippen LogP contribution is 1.51. The number of hydrogen-bond donors (Lipinski definition) is 4. The Morgan fingerprint density at radius 2 is 0.710 bits per heavy atom. The van der Waals surface area contributed by atoms with E-state index in [1.165, 1.54) is 0 Å². The third-order valence-electron chi connectivity index (χ3n) is 0.258. The summed E-state index contributed by atoms with van der Waals surface area (Å²) in [5.74, 6) is 0. The van der Waals surface area contributed by atoms with Gasteiger partial charge < -0.3 is 9.77 Å². The van der Waals surface area contributed by atoms with Crippen LogP contribution in [0.3, 0.4) is 0 Å².